The minimum atomic E-state index is -0.330. The molecule has 5 heteroatoms. The van der Waals surface area contributed by atoms with Gasteiger partial charge in [0, 0.05) is 19.1 Å². The third-order valence-electron chi connectivity index (χ3n) is 3.91. The van der Waals surface area contributed by atoms with Crippen molar-refractivity contribution in [3.8, 4) is 6.07 Å². The van der Waals surface area contributed by atoms with E-state index in [1.807, 2.05) is 6.07 Å². The number of hydrogen-bond donors (Lipinski definition) is 1. The monoisotopic (exact) mass is 353 g/mol. The van der Waals surface area contributed by atoms with Gasteiger partial charge in [0.2, 0.25) is 0 Å². The summed E-state index contributed by atoms with van der Waals surface area (Å²) in [5.41, 5.74) is 0.925. The van der Waals surface area contributed by atoms with Crippen LogP contribution in [0.15, 0.2) is 16.6 Å². The summed E-state index contributed by atoms with van der Waals surface area (Å²) in [6.07, 6.45) is 4.44. The molecule has 21 heavy (non-hydrogen) atoms. The van der Waals surface area contributed by atoms with E-state index in [1.54, 1.807) is 12.1 Å². The summed E-state index contributed by atoms with van der Waals surface area (Å²) in [5.74, 6) is -0.330. The molecule has 2 rings (SSSR count). The summed E-state index contributed by atoms with van der Waals surface area (Å²) in [6.45, 7) is 4.84. The van der Waals surface area contributed by atoms with Gasteiger partial charge in [0.25, 0.3) is 0 Å². The molecule has 1 atom stereocenters. The topological polar surface area (TPSA) is 39.1 Å². The van der Waals surface area contributed by atoms with Crippen molar-refractivity contribution in [1.82, 2.24) is 5.32 Å². The average molecular weight is 354 g/mol. The first-order valence-corrected chi connectivity index (χ1v) is 8.33. The molecule has 0 aliphatic carbocycles. The Kier molecular flexibility index (Phi) is 6.01. The van der Waals surface area contributed by atoms with E-state index < -0.39 is 0 Å². The molecule has 114 valence electrons. The van der Waals surface area contributed by atoms with Crippen LogP contribution in [0.1, 0.15) is 38.2 Å². The zero-order valence-electron chi connectivity index (χ0n) is 12.3. The number of nitrogens with one attached hydrogen (secondary N) is 1. The highest BCUT2D eigenvalue weighted by atomic mass is 79.9. The Labute approximate surface area is 134 Å². The molecule has 1 heterocycles. The summed E-state index contributed by atoms with van der Waals surface area (Å²) < 4.78 is 14.8. The largest absolute Gasteiger partial charge is 0.368 e. The SMILES string of the molecule is CCCCN(CC1CCCN1)c1ccc(C#N)c(Br)c1F. The van der Waals surface area contributed by atoms with Gasteiger partial charge in [-0.2, -0.15) is 5.26 Å². The van der Waals surface area contributed by atoms with Gasteiger partial charge in [-0.25, -0.2) is 4.39 Å². The van der Waals surface area contributed by atoms with Gasteiger partial charge in [-0.15, -0.1) is 0 Å². The summed E-state index contributed by atoms with van der Waals surface area (Å²) in [7, 11) is 0. The highest BCUT2D eigenvalue weighted by Gasteiger charge is 2.21. The number of hydrogen-bond acceptors (Lipinski definition) is 3. The Hall–Kier alpha value is -1.12. The zero-order chi connectivity index (χ0) is 15.2. The van der Waals surface area contributed by atoms with E-state index in [1.165, 1.54) is 6.42 Å². The number of nitriles is 1. The van der Waals surface area contributed by atoms with Crippen molar-refractivity contribution in [2.75, 3.05) is 24.5 Å². The first kappa shape index (κ1) is 16.3. The average Bonchev–Trinajstić information content (AvgIpc) is 2.99. The summed E-state index contributed by atoms with van der Waals surface area (Å²) >= 11 is 3.20. The third-order valence-corrected chi connectivity index (χ3v) is 4.68. The Bertz CT molecular complexity index is 521. The van der Waals surface area contributed by atoms with E-state index in [2.05, 4.69) is 33.1 Å². The molecule has 1 fully saturated rings. The van der Waals surface area contributed by atoms with Crippen LogP contribution >= 0.6 is 15.9 Å². The van der Waals surface area contributed by atoms with Gasteiger partial charge in [-0.3, -0.25) is 0 Å². The van der Waals surface area contributed by atoms with Crippen LogP contribution in [0.3, 0.4) is 0 Å². The number of halogens is 2. The third kappa shape index (κ3) is 3.96. The maximum absolute atomic E-state index is 14.5. The van der Waals surface area contributed by atoms with Gasteiger partial charge in [-0.05, 0) is 53.9 Å². The lowest BCUT2D eigenvalue weighted by Crippen LogP contribution is -2.38. The molecular formula is C16H21BrFN3. The first-order chi connectivity index (χ1) is 10.2. The molecule has 1 aromatic carbocycles. The minimum Gasteiger partial charge on any atom is -0.368 e. The van der Waals surface area contributed by atoms with Gasteiger partial charge in [0.05, 0.1) is 15.7 Å². The Balaban J connectivity index is 2.23. The molecule has 3 nitrogen and oxygen atoms in total. The molecule has 1 aliphatic heterocycles. The summed E-state index contributed by atoms with van der Waals surface area (Å²) in [4.78, 5) is 2.10. The van der Waals surface area contributed by atoms with E-state index in [0.29, 0.717) is 17.3 Å². The van der Waals surface area contributed by atoms with Crippen LogP contribution in [-0.4, -0.2) is 25.7 Å². The lowest BCUT2D eigenvalue weighted by Gasteiger charge is -2.28. The fraction of sp³-hybridized carbons (Fsp3) is 0.562. The lowest BCUT2D eigenvalue weighted by molar-refractivity contribution is 0.555. The van der Waals surface area contributed by atoms with Crippen molar-refractivity contribution < 1.29 is 4.39 Å². The molecule has 0 bridgehead atoms. The Morgan fingerprint density at radius 3 is 2.95 bits per heavy atom. The number of rotatable bonds is 6. The molecule has 1 unspecified atom stereocenters. The van der Waals surface area contributed by atoms with Crippen molar-refractivity contribution >= 4 is 21.6 Å². The van der Waals surface area contributed by atoms with Crippen LogP contribution in [0.5, 0.6) is 0 Å². The zero-order valence-corrected chi connectivity index (χ0v) is 13.9. The summed E-state index contributed by atoms with van der Waals surface area (Å²) in [5, 5.41) is 12.4. The van der Waals surface area contributed by atoms with Crippen molar-refractivity contribution in [2.24, 2.45) is 0 Å². The van der Waals surface area contributed by atoms with Crippen LogP contribution in [-0.2, 0) is 0 Å². The molecule has 0 amide bonds. The van der Waals surface area contributed by atoms with Crippen molar-refractivity contribution in [2.45, 2.75) is 38.6 Å². The second-order valence-electron chi connectivity index (χ2n) is 5.46. The quantitative estimate of drug-likeness (QED) is 0.844. The van der Waals surface area contributed by atoms with Gasteiger partial charge < -0.3 is 10.2 Å². The normalized spacial score (nSPS) is 17.7. The van der Waals surface area contributed by atoms with Gasteiger partial charge in [0.15, 0.2) is 5.82 Å². The standard InChI is InChI=1S/C16H21BrFN3/c1-2-3-9-21(11-13-5-4-8-20-13)14-7-6-12(10-19)15(17)16(14)18/h6-7,13,20H,2-5,8-9,11H2,1H3. The maximum Gasteiger partial charge on any atom is 0.161 e. The highest BCUT2D eigenvalue weighted by molar-refractivity contribution is 9.10. The second-order valence-corrected chi connectivity index (χ2v) is 6.26. The van der Waals surface area contributed by atoms with Crippen molar-refractivity contribution in [1.29, 1.82) is 5.26 Å². The van der Waals surface area contributed by atoms with E-state index >= 15 is 0 Å². The molecular weight excluding hydrogens is 333 g/mol. The molecule has 0 saturated carbocycles. The number of nitrogens with zero attached hydrogens (tertiary/aromatic N) is 2. The van der Waals surface area contributed by atoms with Crippen LogP contribution in [0.2, 0.25) is 0 Å². The summed E-state index contributed by atoms with van der Waals surface area (Å²) in [6, 6.07) is 5.84. The fourth-order valence-electron chi connectivity index (χ4n) is 2.71. The Morgan fingerprint density at radius 2 is 2.33 bits per heavy atom. The number of benzene rings is 1. The van der Waals surface area contributed by atoms with Crippen LogP contribution in [0.25, 0.3) is 0 Å². The molecule has 1 aliphatic rings. The van der Waals surface area contributed by atoms with Crippen LogP contribution < -0.4 is 10.2 Å². The van der Waals surface area contributed by atoms with E-state index in [-0.39, 0.29) is 10.3 Å². The van der Waals surface area contributed by atoms with Gasteiger partial charge >= 0.3 is 0 Å². The van der Waals surface area contributed by atoms with Crippen molar-refractivity contribution in [3.63, 3.8) is 0 Å². The second kappa shape index (κ2) is 7.77. The number of anilines is 1. The maximum atomic E-state index is 14.5. The minimum absolute atomic E-state index is 0.267. The number of unbranched alkanes of at least 4 members (excludes halogenated alkanes) is 1. The molecule has 0 aromatic heterocycles. The van der Waals surface area contributed by atoms with Gasteiger partial charge in [0.1, 0.15) is 6.07 Å². The van der Waals surface area contributed by atoms with E-state index in [0.717, 1.165) is 38.9 Å². The smallest absolute Gasteiger partial charge is 0.161 e. The fourth-order valence-corrected chi connectivity index (χ4v) is 3.13. The lowest BCUT2D eigenvalue weighted by atomic mass is 10.1. The molecule has 1 aromatic rings. The van der Waals surface area contributed by atoms with Crippen LogP contribution in [0.4, 0.5) is 10.1 Å². The predicted molar refractivity (Wildman–Crippen MR) is 87.0 cm³/mol. The van der Waals surface area contributed by atoms with Crippen LogP contribution in [0, 0.1) is 17.1 Å². The van der Waals surface area contributed by atoms with Crippen molar-refractivity contribution in [3.05, 3.63) is 28.0 Å². The predicted octanol–water partition coefficient (Wildman–Crippen LogP) is 3.82. The molecule has 1 N–H and O–H groups in total. The van der Waals surface area contributed by atoms with E-state index in [4.69, 9.17) is 5.26 Å². The molecule has 0 radical (unpaired) electrons. The molecule has 1 saturated heterocycles. The molecule has 0 spiro atoms. The Morgan fingerprint density at radius 1 is 1.52 bits per heavy atom. The highest BCUT2D eigenvalue weighted by Crippen LogP contribution is 2.30. The van der Waals surface area contributed by atoms with Gasteiger partial charge in [-0.1, -0.05) is 13.3 Å². The first-order valence-electron chi connectivity index (χ1n) is 7.53. The van der Waals surface area contributed by atoms with E-state index in [9.17, 15) is 4.39 Å².